The smallest absolute Gasteiger partial charge is 0.337 e. The van der Waals surface area contributed by atoms with Crippen LogP contribution < -0.4 is 9.79 Å². The monoisotopic (exact) mass is 597 g/mol. The lowest BCUT2D eigenvalue weighted by atomic mass is 9.98. The summed E-state index contributed by atoms with van der Waals surface area (Å²) in [6.45, 7) is 4.49. The second-order valence-electron chi connectivity index (χ2n) is 11.1. The number of methoxy groups -OCH3 is 1. The number of amides is 1. The van der Waals surface area contributed by atoms with Gasteiger partial charge in [0, 0.05) is 67.4 Å². The summed E-state index contributed by atoms with van der Waals surface area (Å²) in [5.74, 6) is 0.0410. The summed E-state index contributed by atoms with van der Waals surface area (Å²) < 4.78 is 4.86. The van der Waals surface area contributed by atoms with Crippen molar-refractivity contribution in [2.75, 3.05) is 65.4 Å². The Labute approximate surface area is 255 Å². The summed E-state index contributed by atoms with van der Waals surface area (Å²) in [4.78, 5) is 49.9. The van der Waals surface area contributed by atoms with Gasteiger partial charge in [0.05, 0.1) is 42.8 Å². The first-order valence-corrected chi connectivity index (χ1v) is 14.5. The number of aromatic hydroxyl groups is 1. The number of ether oxygens (including phenoxy) is 1. The van der Waals surface area contributed by atoms with Crippen LogP contribution in [0.2, 0.25) is 0 Å². The zero-order chi connectivity index (χ0) is 30.8. The summed E-state index contributed by atoms with van der Waals surface area (Å²) in [6, 6.07) is 18.2. The standard InChI is InChI=1S/C33H35N5O6/c1-36-13-15-38(16-14-36)20-29(39)37(2)25-9-7-24(8-10-25)34-31(22-5-4-21-12-17-43-44-28(21)19-22)30-26-11-6-23(33(41)42-3)18-27(26)35-32(30)40/h4-11,18-19,35,40H,12-17,20H2,1-3H3. The minimum absolute atomic E-state index is 0.0258. The average molecular weight is 598 g/mol. The molecule has 1 amide bonds. The Hall–Kier alpha value is -4.71. The van der Waals surface area contributed by atoms with Gasteiger partial charge in [-0.15, -0.1) is 0 Å². The maximum Gasteiger partial charge on any atom is 0.337 e. The van der Waals surface area contributed by atoms with Crippen molar-refractivity contribution in [3.05, 3.63) is 82.9 Å². The number of likely N-dealkylation sites (N-methyl/N-ethyl adjacent to an activating group) is 2. The number of hydrogen-bond donors (Lipinski definition) is 2. The molecule has 6 rings (SSSR count). The van der Waals surface area contributed by atoms with E-state index >= 15 is 0 Å². The van der Waals surface area contributed by atoms with Gasteiger partial charge >= 0.3 is 5.97 Å². The normalized spacial score (nSPS) is 15.9. The number of carbonyl (C=O) groups is 2. The third-order valence-electron chi connectivity index (χ3n) is 8.19. The molecule has 0 unspecified atom stereocenters. The van der Waals surface area contributed by atoms with E-state index in [0.29, 0.717) is 57.9 Å². The van der Waals surface area contributed by atoms with E-state index in [1.54, 1.807) is 30.1 Å². The summed E-state index contributed by atoms with van der Waals surface area (Å²) in [7, 11) is 5.20. The molecule has 2 N–H and O–H groups in total. The van der Waals surface area contributed by atoms with Gasteiger partial charge in [0.25, 0.3) is 0 Å². The quantitative estimate of drug-likeness (QED) is 0.187. The van der Waals surface area contributed by atoms with E-state index in [9.17, 15) is 14.7 Å². The number of H-pyrrole nitrogens is 1. The lowest BCUT2D eigenvalue weighted by molar-refractivity contribution is -0.215. The molecule has 2 aliphatic rings. The Balaban J connectivity index is 1.34. The van der Waals surface area contributed by atoms with Crippen LogP contribution >= 0.6 is 0 Å². The molecule has 0 atom stereocenters. The van der Waals surface area contributed by atoms with Crippen molar-refractivity contribution in [2.24, 2.45) is 4.99 Å². The molecule has 0 bridgehead atoms. The highest BCUT2D eigenvalue weighted by Crippen LogP contribution is 2.34. The highest BCUT2D eigenvalue weighted by Gasteiger charge is 2.23. The zero-order valence-electron chi connectivity index (χ0n) is 25.0. The summed E-state index contributed by atoms with van der Waals surface area (Å²) in [6.07, 6.45) is 0.721. The minimum atomic E-state index is -0.477. The van der Waals surface area contributed by atoms with Crippen LogP contribution in [0.1, 0.15) is 27.0 Å². The number of benzene rings is 3. The molecule has 0 aliphatic carbocycles. The summed E-state index contributed by atoms with van der Waals surface area (Å²) in [5.41, 5.74) is 4.96. The number of nitrogens with one attached hydrogen (secondary N) is 1. The number of anilines is 1. The fourth-order valence-electron chi connectivity index (χ4n) is 5.50. The Morgan fingerprint density at radius 2 is 1.77 bits per heavy atom. The molecule has 0 spiro atoms. The Morgan fingerprint density at radius 1 is 1.02 bits per heavy atom. The molecule has 44 heavy (non-hydrogen) atoms. The molecule has 4 aromatic rings. The third kappa shape index (κ3) is 6.02. The van der Waals surface area contributed by atoms with E-state index in [0.717, 1.165) is 43.9 Å². The molecule has 1 saturated heterocycles. The van der Waals surface area contributed by atoms with Gasteiger partial charge in [0.1, 0.15) is 0 Å². The molecule has 1 fully saturated rings. The molecular weight excluding hydrogens is 562 g/mol. The number of piperazine rings is 1. The lowest BCUT2D eigenvalue weighted by Gasteiger charge is -2.32. The molecule has 228 valence electrons. The summed E-state index contributed by atoms with van der Waals surface area (Å²) >= 11 is 0. The van der Waals surface area contributed by atoms with E-state index < -0.39 is 5.97 Å². The topological polar surface area (TPSA) is 120 Å². The van der Waals surface area contributed by atoms with Gasteiger partial charge in [-0.3, -0.25) is 9.69 Å². The van der Waals surface area contributed by atoms with Crippen molar-refractivity contribution in [3.63, 3.8) is 0 Å². The van der Waals surface area contributed by atoms with Crippen LogP contribution in [0.25, 0.3) is 10.9 Å². The van der Waals surface area contributed by atoms with Crippen LogP contribution in [-0.4, -0.2) is 98.0 Å². The number of aliphatic imine (C=N–C) groups is 1. The van der Waals surface area contributed by atoms with Crippen molar-refractivity contribution in [1.29, 1.82) is 0 Å². The van der Waals surface area contributed by atoms with Gasteiger partial charge in [-0.2, -0.15) is 4.89 Å². The molecule has 2 aliphatic heterocycles. The molecule has 1 aromatic heterocycles. The Kier molecular flexibility index (Phi) is 8.34. The molecule has 0 radical (unpaired) electrons. The first kappa shape index (κ1) is 29.4. The fraction of sp³-hybridized carbons (Fsp3) is 0.303. The lowest BCUT2D eigenvalue weighted by Crippen LogP contribution is -2.48. The van der Waals surface area contributed by atoms with Gasteiger partial charge < -0.3 is 29.5 Å². The molecule has 11 heteroatoms. The maximum atomic E-state index is 13.0. The number of fused-ring (bicyclic) bond motifs is 2. The third-order valence-corrected chi connectivity index (χ3v) is 8.19. The molecule has 3 aromatic carbocycles. The molecule has 0 saturated carbocycles. The predicted molar refractivity (Wildman–Crippen MR) is 167 cm³/mol. The number of esters is 1. The van der Waals surface area contributed by atoms with E-state index in [2.05, 4.69) is 21.8 Å². The maximum absolute atomic E-state index is 13.0. The highest BCUT2D eigenvalue weighted by molar-refractivity contribution is 6.22. The largest absolute Gasteiger partial charge is 0.494 e. The van der Waals surface area contributed by atoms with Gasteiger partial charge in [-0.05, 0) is 49.5 Å². The van der Waals surface area contributed by atoms with Gasteiger partial charge in [0.15, 0.2) is 11.6 Å². The Bertz CT molecular complexity index is 1720. The SMILES string of the molecule is COC(=O)c1ccc2c(C(=Nc3ccc(N(C)C(=O)CN4CCN(C)CC4)cc3)c3ccc4c(c3)OOCC4)c(O)[nH]c2c1. The van der Waals surface area contributed by atoms with Crippen molar-refractivity contribution >= 4 is 39.9 Å². The van der Waals surface area contributed by atoms with E-state index in [-0.39, 0.29) is 11.8 Å². The Morgan fingerprint density at radius 3 is 2.52 bits per heavy atom. The fourth-order valence-corrected chi connectivity index (χ4v) is 5.50. The minimum Gasteiger partial charge on any atom is -0.494 e. The predicted octanol–water partition coefficient (Wildman–Crippen LogP) is 3.91. The molecular formula is C33H35N5O6. The van der Waals surface area contributed by atoms with Gasteiger partial charge in [-0.25, -0.2) is 9.79 Å². The first-order chi connectivity index (χ1) is 21.3. The van der Waals surface area contributed by atoms with Crippen molar-refractivity contribution in [3.8, 4) is 11.6 Å². The van der Waals surface area contributed by atoms with Crippen molar-refractivity contribution < 1.29 is 29.2 Å². The average Bonchev–Trinajstić information content (AvgIpc) is 3.38. The number of aromatic amines is 1. The van der Waals surface area contributed by atoms with Gasteiger partial charge in [0.2, 0.25) is 5.91 Å². The van der Waals surface area contributed by atoms with E-state index in [1.165, 1.54) is 7.11 Å². The number of aromatic nitrogens is 1. The van der Waals surface area contributed by atoms with Crippen LogP contribution in [0.3, 0.4) is 0 Å². The molecule has 3 heterocycles. The number of rotatable bonds is 7. The number of carbonyl (C=O) groups excluding carboxylic acids is 2. The van der Waals surface area contributed by atoms with E-state index in [4.69, 9.17) is 19.5 Å². The summed E-state index contributed by atoms with van der Waals surface area (Å²) in [5, 5.41) is 11.8. The van der Waals surface area contributed by atoms with Crippen LogP contribution in [0.15, 0.2) is 65.7 Å². The zero-order valence-corrected chi connectivity index (χ0v) is 25.0. The van der Waals surface area contributed by atoms with E-state index in [1.807, 2.05) is 42.5 Å². The number of nitrogens with zero attached hydrogens (tertiary/aromatic N) is 4. The number of hydrogen-bond acceptors (Lipinski definition) is 9. The van der Waals surface area contributed by atoms with Crippen LogP contribution in [0.5, 0.6) is 11.6 Å². The first-order valence-electron chi connectivity index (χ1n) is 14.5. The van der Waals surface area contributed by atoms with Gasteiger partial charge in [-0.1, -0.05) is 18.2 Å². The van der Waals surface area contributed by atoms with Crippen LogP contribution in [0.4, 0.5) is 11.4 Å². The van der Waals surface area contributed by atoms with Crippen molar-refractivity contribution in [1.82, 2.24) is 14.8 Å². The second kappa shape index (κ2) is 12.5. The van der Waals surface area contributed by atoms with Crippen molar-refractivity contribution in [2.45, 2.75) is 6.42 Å². The van der Waals surface area contributed by atoms with Crippen LogP contribution in [0, 0.1) is 0 Å². The highest BCUT2D eigenvalue weighted by atomic mass is 17.2. The van der Waals surface area contributed by atoms with Crippen LogP contribution in [-0.2, 0) is 20.8 Å². The molecule has 11 nitrogen and oxygen atoms in total. The second-order valence-corrected chi connectivity index (χ2v) is 11.1.